The number of hydrogen-bond donors (Lipinski definition) is 0. The van der Waals surface area contributed by atoms with Crippen LogP contribution in [-0.4, -0.2) is 30.2 Å². The molecule has 0 atom stereocenters. The molecule has 16 heavy (non-hydrogen) atoms. The molecule has 1 aromatic carbocycles. The minimum Gasteiger partial charge on any atom is -0.496 e. The maximum Gasteiger partial charge on any atom is 0.341 e. The highest BCUT2D eigenvalue weighted by Gasteiger charge is 2.14. The molecule has 0 unspecified atom stereocenters. The zero-order valence-electron chi connectivity index (χ0n) is 8.93. The van der Waals surface area contributed by atoms with E-state index < -0.39 is 5.97 Å². The molecule has 0 fully saturated rings. The Morgan fingerprint density at radius 1 is 1.12 bits per heavy atom. The number of ether oxygens (including phenoxy) is 2. The van der Waals surface area contributed by atoms with E-state index in [0.717, 1.165) is 0 Å². The number of esters is 1. The maximum absolute atomic E-state index is 11.5. The topological polar surface area (TPSA) is 61.3 Å². The van der Waals surface area contributed by atoms with Crippen molar-refractivity contribution in [3.05, 3.63) is 30.1 Å². The second-order valence-corrected chi connectivity index (χ2v) is 3.09. The van der Waals surface area contributed by atoms with Crippen LogP contribution in [0.3, 0.4) is 0 Å². The summed E-state index contributed by atoms with van der Waals surface area (Å²) in [5.41, 5.74) is 1.65. The molecule has 5 nitrogen and oxygen atoms in total. The summed E-state index contributed by atoms with van der Waals surface area (Å²) in [6, 6.07) is 3.27. The second kappa shape index (κ2) is 4.14. The third-order valence-corrected chi connectivity index (χ3v) is 2.20. The van der Waals surface area contributed by atoms with Gasteiger partial charge in [0.2, 0.25) is 0 Å². The summed E-state index contributed by atoms with van der Waals surface area (Å²) in [5.74, 6) is -0.0238. The van der Waals surface area contributed by atoms with Crippen LogP contribution in [-0.2, 0) is 4.74 Å². The first-order valence-electron chi connectivity index (χ1n) is 4.63. The number of aromatic nitrogens is 2. The van der Waals surface area contributed by atoms with E-state index in [-0.39, 0.29) is 0 Å². The third kappa shape index (κ3) is 1.67. The zero-order valence-corrected chi connectivity index (χ0v) is 8.93. The van der Waals surface area contributed by atoms with Gasteiger partial charge in [-0.15, -0.1) is 0 Å². The summed E-state index contributed by atoms with van der Waals surface area (Å²) >= 11 is 0. The van der Waals surface area contributed by atoms with Crippen molar-refractivity contribution in [1.82, 2.24) is 9.97 Å². The van der Waals surface area contributed by atoms with Crippen molar-refractivity contribution in [1.29, 1.82) is 0 Å². The number of methoxy groups -OCH3 is 2. The minimum absolute atomic E-state index is 0.345. The van der Waals surface area contributed by atoms with E-state index in [4.69, 9.17) is 4.74 Å². The number of nitrogens with zero attached hydrogens (tertiary/aromatic N) is 2. The van der Waals surface area contributed by atoms with Crippen LogP contribution in [0.25, 0.3) is 11.0 Å². The van der Waals surface area contributed by atoms with Gasteiger partial charge < -0.3 is 9.47 Å². The largest absolute Gasteiger partial charge is 0.496 e. The van der Waals surface area contributed by atoms with Gasteiger partial charge in [0.25, 0.3) is 0 Å². The fraction of sp³-hybridized carbons (Fsp3) is 0.182. The molecule has 82 valence electrons. The van der Waals surface area contributed by atoms with Gasteiger partial charge >= 0.3 is 5.97 Å². The van der Waals surface area contributed by atoms with Crippen LogP contribution >= 0.6 is 0 Å². The van der Waals surface area contributed by atoms with E-state index in [2.05, 4.69) is 14.7 Å². The molecule has 0 N–H and O–H groups in total. The van der Waals surface area contributed by atoms with E-state index in [1.807, 2.05) is 0 Å². The Morgan fingerprint density at radius 2 is 1.75 bits per heavy atom. The molecule has 0 aliphatic carbocycles. The van der Waals surface area contributed by atoms with Crippen molar-refractivity contribution in [3.8, 4) is 5.75 Å². The monoisotopic (exact) mass is 218 g/mol. The average molecular weight is 218 g/mol. The van der Waals surface area contributed by atoms with Gasteiger partial charge in [-0.25, -0.2) is 4.79 Å². The summed E-state index contributed by atoms with van der Waals surface area (Å²) in [6.07, 6.45) is 3.15. The van der Waals surface area contributed by atoms with Gasteiger partial charge in [-0.2, -0.15) is 0 Å². The molecule has 5 heteroatoms. The summed E-state index contributed by atoms with van der Waals surface area (Å²) in [5, 5.41) is 0. The van der Waals surface area contributed by atoms with Crippen LogP contribution in [0.1, 0.15) is 10.4 Å². The summed E-state index contributed by atoms with van der Waals surface area (Å²) in [6.45, 7) is 0. The van der Waals surface area contributed by atoms with Crippen LogP contribution < -0.4 is 4.74 Å². The SMILES string of the molecule is COC(=O)c1cc2nccnc2cc1OC. The van der Waals surface area contributed by atoms with Gasteiger partial charge in [0.15, 0.2) is 0 Å². The normalized spacial score (nSPS) is 10.1. The highest BCUT2D eigenvalue weighted by molar-refractivity contribution is 5.96. The highest BCUT2D eigenvalue weighted by atomic mass is 16.5. The Kier molecular flexibility index (Phi) is 2.68. The average Bonchev–Trinajstić information content (AvgIpc) is 2.36. The van der Waals surface area contributed by atoms with Crippen molar-refractivity contribution >= 4 is 17.0 Å². The molecule has 1 heterocycles. The molecule has 2 aromatic rings. The highest BCUT2D eigenvalue weighted by Crippen LogP contribution is 2.23. The lowest BCUT2D eigenvalue weighted by Gasteiger charge is -2.07. The van der Waals surface area contributed by atoms with Gasteiger partial charge in [-0.3, -0.25) is 9.97 Å². The van der Waals surface area contributed by atoms with Crippen LogP contribution in [0, 0.1) is 0 Å². The Bertz CT molecular complexity index is 540. The first-order valence-corrected chi connectivity index (χ1v) is 4.63. The molecule has 0 amide bonds. The standard InChI is InChI=1S/C11H10N2O3/c1-15-10-6-9-8(12-3-4-13-9)5-7(10)11(14)16-2/h3-6H,1-2H3. The fourth-order valence-corrected chi connectivity index (χ4v) is 1.43. The van der Waals surface area contributed by atoms with Crippen molar-refractivity contribution < 1.29 is 14.3 Å². The smallest absolute Gasteiger partial charge is 0.341 e. The Morgan fingerprint density at radius 3 is 2.31 bits per heavy atom. The lowest BCUT2D eigenvalue weighted by atomic mass is 10.1. The van der Waals surface area contributed by atoms with E-state index >= 15 is 0 Å². The summed E-state index contributed by atoms with van der Waals surface area (Å²) < 4.78 is 9.77. The molecule has 0 aliphatic heterocycles. The Hall–Kier alpha value is -2.17. The molecule has 0 radical (unpaired) electrons. The van der Waals surface area contributed by atoms with Crippen molar-refractivity contribution in [2.45, 2.75) is 0 Å². The zero-order chi connectivity index (χ0) is 11.5. The first kappa shape index (κ1) is 10.4. The first-order chi connectivity index (χ1) is 7.76. The minimum atomic E-state index is -0.454. The molecule has 0 aliphatic rings. The Labute approximate surface area is 92.0 Å². The van der Waals surface area contributed by atoms with E-state index in [9.17, 15) is 4.79 Å². The van der Waals surface area contributed by atoms with Gasteiger partial charge in [0, 0.05) is 18.5 Å². The predicted octanol–water partition coefficient (Wildman–Crippen LogP) is 1.42. The van der Waals surface area contributed by atoms with Crippen LogP contribution in [0.2, 0.25) is 0 Å². The van der Waals surface area contributed by atoms with E-state index in [0.29, 0.717) is 22.3 Å². The second-order valence-electron chi connectivity index (χ2n) is 3.09. The quantitative estimate of drug-likeness (QED) is 0.713. The Balaban J connectivity index is 2.67. The predicted molar refractivity (Wildman–Crippen MR) is 57.4 cm³/mol. The molecule has 0 spiro atoms. The fourth-order valence-electron chi connectivity index (χ4n) is 1.43. The number of carbonyl (C=O) groups excluding carboxylic acids is 1. The molecular formula is C11H10N2O3. The molecule has 0 saturated carbocycles. The maximum atomic E-state index is 11.5. The van der Waals surface area contributed by atoms with Gasteiger partial charge in [0.05, 0.1) is 25.3 Å². The lowest BCUT2D eigenvalue weighted by Crippen LogP contribution is -2.04. The molecule has 0 bridgehead atoms. The number of rotatable bonds is 2. The van der Waals surface area contributed by atoms with Crippen LogP contribution in [0.4, 0.5) is 0 Å². The molecular weight excluding hydrogens is 208 g/mol. The van der Waals surface area contributed by atoms with Crippen molar-refractivity contribution in [2.24, 2.45) is 0 Å². The van der Waals surface area contributed by atoms with Gasteiger partial charge in [0.1, 0.15) is 11.3 Å². The number of hydrogen-bond acceptors (Lipinski definition) is 5. The molecule has 2 rings (SSSR count). The number of fused-ring (bicyclic) bond motifs is 1. The third-order valence-electron chi connectivity index (χ3n) is 2.20. The van der Waals surface area contributed by atoms with E-state index in [1.54, 1.807) is 24.5 Å². The molecule has 1 aromatic heterocycles. The molecule has 0 saturated heterocycles. The summed E-state index contributed by atoms with van der Waals surface area (Å²) in [4.78, 5) is 19.7. The lowest BCUT2D eigenvalue weighted by molar-refractivity contribution is 0.0597. The number of carbonyl (C=O) groups is 1. The van der Waals surface area contributed by atoms with Crippen molar-refractivity contribution in [2.75, 3.05) is 14.2 Å². The van der Waals surface area contributed by atoms with Crippen LogP contribution in [0.5, 0.6) is 5.75 Å². The number of benzene rings is 1. The van der Waals surface area contributed by atoms with Gasteiger partial charge in [-0.1, -0.05) is 0 Å². The van der Waals surface area contributed by atoms with Gasteiger partial charge in [-0.05, 0) is 6.07 Å². The van der Waals surface area contributed by atoms with E-state index in [1.165, 1.54) is 14.2 Å². The van der Waals surface area contributed by atoms with Crippen molar-refractivity contribution in [3.63, 3.8) is 0 Å². The summed E-state index contributed by atoms with van der Waals surface area (Å²) in [7, 11) is 2.81. The van der Waals surface area contributed by atoms with Crippen LogP contribution in [0.15, 0.2) is 24.5 Å².